The lowest BCUT2D eigenvalue weighted by atomic mass is 10.2. The van der Waals surface area contributed by atoms with Gasteiger partial charge >= 0.3 is 0 Å². The maximum absolute atomic E-state index is 12.2. The van der Waals surface area contributed by atoms with Crippen LogP contribution < -0.4 is 15.2 Å². The topological polar surface area (TPSA) is 81.4 Å². The van der Waals surface area contributed by atoms with Crippen molar-refractivity contribution in [2.75, 3.05) is 12.8 Å². The van der Waals surface area contributed by atoms with Crippen molar-refractivity contribution in [3.8, 4) is 5.75 Å². The van der Waals surface area contributed by atoms with Gasteiger partial charge in [-0.05, 0) is 45.6 Å². The molecule has 0 atom stereocenters. The van der Waals surface area contributed by atoms with Crippen molar-refractivity contribution in [2.24, 2.45) is 0 Å². The summed E-state index contributed by atoms with van der Waals surface area (Å²) in [4.78, 5) is 0. The molecule has 5 nitrogen and oxygen atoms in total. The number of hydrogen-bond acceptors (Lipinski definition) is 5. The number of anilines is 1. The van der Waals surface area contributed by atoms with Crippen LogP contribution in [0.3, 0.4) is 0 Å². The molecule has 2 rings (SSSR count). The first kappa shape index (κ1) is 15.3. The summed E-state index contributed by atoms with van der Waals surface area (Å²) in [5.41, 5.74) is 6.94. The standard InChI is InChI=1S/C12H13BrN2O3S2/c1-18-11-3-2-9(14)6-8(11)7-15-20(16,17)12-10(13)4-5-19-12/h2-6,15H,7,14H2,1H3. The first-order valence-corrected chi connectivity index (χ1v) is 8.74. The maximum atomic E-state index is 12.2. The van der Waals surface area contributed by atoms with Gasteiger partial charge in [0.2, 0.25) is 0 Å². The van der Waals surface area contributed by atoms with E-state index in [9.17, 15) is 8.42 Å². The monoisotopic (exact) mass is 376 g/mol. The fourth-order valence-electron chi connectivity index (χ4n) is 1.65. The molecule has 0 fully saturated rings. The number of nitrogens with two attached hydrogens (primary N) is 1. The lowest BCUT2D eigenvalue weighted by molar-refractivity contribution is 0.409. The van der Waals surface area contributed by atoms with Crippen LogP contribution in [0.1, 0.15) is 5.56 Å². The highest BCUT2D eigenvalue weighted by molar-refractivity contribution is 9.10. The predicted molar refractivity (Wildman–Crippen MR) is 83.5 cm³/mol. The Labute approximate surface area is 129 Å². The number of nitrogen functional groups attached to an aromatic ring is 1. The van der Waals surface area contributed by atoms with E-state index in [1.165, 1.54) is 7.11 Å². The van der Waals surface area contributed by atoms with E-state index in [-0.39, 0.29) is 10.8 Å². The zero-order valence-corrected chi connectivity index (χ0v) is 13.8. The highest BCUT2D eigenvalue weighted by atomic mass is 79.9. The second kappa shape index (κ2) is 6.13. The molecule has 0 aliphatic heterocycles. The SMILES string of the molecule is COc1ccc(N)cc1CNS(=O)(=O)c1sccc1Br. The molecule has 0 aliphatic carbocycles. The zero-order valence-electron chi connectivity index (χ0n) is 10.6. The van der Waals surface area contributed by atoms with Crippen molar-refractivity contribution in [1.29, 1.82) is 0 Å². The third kappa shape index (κ3) is 3.32. The minimum Gasteiger partial charge on any atom is -0.496 e. The Kier molecular flexibility index (Phi) is 4.69. The molecule has 108 valence electrons. The third-order valence-electron chi connectivity index (χ3n) is 2.59. The summed E-state index contributed by atoms with van der Waals surface area (Å²) in [6.45, 7) is 0.112. The molecule has 3 N–H and O–H groups in total. The van der Waals surface area contributed by atoms with Crippen molar-refractivity contribution < 1.29 is 13.2 Å². The number of sulfonamides is 1. The van der Waals surface area contributed by atoms with Gasteiger partial charge in [-0.2, -0.15) is 0 Å². The number of methoxy groups -OCH3 is 1. The second-order valence-electron chi connectivity index (χ2n) is 3.95. The average Bonchev–Trinajstić information content (AvgIpc) is 2.84. The van der Waals surface area contributed by atoms with Crippen LogP contribution in [-0.4, -0.2) is 15.5 Å². The van der Waals surface area contributed by atoms with Gasteiger partial charge in [0.25, 0.3) is 10.0 Å². The van der Waals surface area contributed by atoms with Crippen molar-refractivity contribution in [2.45, 2.75) is 10.8 Å². The fourth-order valence-corrected chi connectivity index (χ4v) is 5.03. The van der Waals surface area contributed by atoms with Gasteiger partial charge < -0.3 is 10.5 Å². The Morgan fingerprint density at radius 3 is 2.75 bits per heavy atom. The first-order chi connectivity index (χ1) is 9.44. The summed E-state index contributed by atoms with van der Waals surface area (Å²) < 4.78 is 32.9. The summed E-state index contributed by atoms with van der Waals surface area (Å²) in [7, 11) is -2.03. The Morgan fingerprint density at radius 1 is 1.40 bits per heavy atom. The molecule has 0 unspecified atom stereocenters. The Bertz CT molecular complexity index is 713. The van der Waals surface area contributed by atoms with Gasteiger partial charge in [-0.25, -0.2) is 13.1 Å². The number of hydrogen-bond donors (Lipinski definition) is 2. The van der Waals surface area contributed by atoms with E-state index in [0.717, 1.165) is 11.3 Å². The van der Waals surface area contributed by atoms with E-state index in [2.05, 4.69) is 20.7 Å². The fraction of sp³-hybridized carbons (Fsp3) is 0.167. The molecule has 0 amide bonds. The van der Waals surface area contributed by atoms with Gasteiger partial charge in [0.1, 0.15) is 9.96 Å². The van der Waals surface area contributed by atoms with E-state index in [4.69, 9.17) is 10.5 Å². The summed E-state index contributed by atoms with van der Waals surface area (Å²) in [5.74, 6) is 0.590. The molecule has 0 radical (unpaired) electrons. The highest BCUT2D eigenvalue weighted by Crippen LogP contribution is 2.28. The smallest absolute Gasteiger partial charge is 0.251 e. The third-order valence-corrected chi connectivity index (χ3v) is 6.66. The number of nitrogens with one attached hydrogen (secondary N) is 1. The molecule has 0 spiro atoms. The molecule has 1 aromatic heterocycles. The molecule has 8 heteroatoms. The first-order valence-electron chi connectivity index (χ1n) is 5.59. The Balaban J connectivity index is 2.21. The molecule has 1 aromatic carbocycles. The van der Waals surface area contributed by atoms with Gasteiger partial charge in [-0.3, -0.25) is 0 Å². The summed E-state index contributed by atoms with van der Waals surface area (Å²) >= 11 is 4.37. The van der Waals surface area contributed by atoms with Crippen molar-refractivity contribution in [1.82, 2.24) is 4.72 Å². The lowest BCUT2D eigenvalue weighted by Gasteiger charge is -2.10. The Hall–Kier alpha value is -1.09. The number of thiophene rings is 1. The van der Waals surface area contributed by atoms with Crippen LogP contribution in [0, 0.1) is 0 Å². The van der Waals surface area contributed by atoms with Gasteiger partial charge in [-0.1, -0.05) is 0 Å². The summed E-state index contributed by atoms with van der Waals surface area (Å²) in [6, 6.07) is 6.79. The van der Waals surface area contributed by atoms with E-state index in [1.807, 2.05) is 0 Å². The quantitative estimate of drug-likeness (QED) is 0.785. The van der Waals surface area contributed by atoms with Gasteiger partial charge in [-0.15, -0.1) is 11.3 Å². The van der Waals surface area contributed by atoms with E-state index in [1.54, 1.807) is 29.6 Å². The van der Waals surface area contributed by atoms with E-state index < -0.39 is 10.0 Å². The molecular formula is C12H13BrN2O3S2. The summed E-state index contributed by atoms with van der Waals surface area (Å²) in [6.07, 6.45) is 0. The summed E-state index contributed by atoms with van der Waals surface area (Å²) in [5, 5.41) is 1.71. The lowest BCUT2D eigenvalue weighted by Crippen LogP contribution is -2.23. The van der Waals surface area contributed by atoms with Crippen LogP contribution in [0.4, 0.5) is 5.69 Å². The van der Waals surface area contributed by atoms with Crippen LogP contribution in [0.2, 0.25) is 0 Å². The number of ether oxygens (including phenoxy) is 1. The number of benzene rings is 1. The predicted octanol–water partition coefficient (Wildman–Crippen LogP) is 2.58. The molecule has 1 heterocycles. The van der Waals surface area contributed by atoms with Crippen LogP contribution in [0.25, 0.3) is 0 Å². The van der Waals surface area contributed by atoms with Gasteiger partial charge in [0, 0.05) is 22.3 Å². The molecule has 0 bridgehead atoms. The van der Waals surface area contributed by atoms with Crippen LogP contribution >= 0.6 is 27.3 Å². The van der Waals surface area contributed by atoms with E-state index >= 15 is 0 Å². The number of halogens is 1. The molecule has 0 saturated heterocycles. The van der Waals surface area contributed by atoms with Crippen molar-refractivity contribution >= 4 is 43.0 Å². The Morgan fingerprint density at radius 2 is 2.15 bits per heavy atom. The molecule has 0 aliphatic rings. The molecule has 20 heavy (non-hydrogen) atoms. The molecule has 0 saturated carbocycles. The average molecular weight is 377 g/mol. The second-order valence-corrected chi connectivity index (χ2v) is 7.68. The van der Waals surface area contributed by atoms with Crippen LogP contribution in [-0.2, 0) is 16.6 Å². The van der Waals surface area contributed by atoms with Crippen LogP contribution in [0.15, 0.2) is 38.3 Å². The van der Waals surface area contributed by atoms with Gasteiger partial charge in [0.15, 0.2) is 0 Å². The minimum absolute atomic E-state index is 0.112. The van der Waals surface area contributed by atoms with E-state index in [0.29, 0.717) is 21.5 Å². The molecule has 2 aromatic rings. The number of rotatable bonds is 5. The minimum atomic E-state index is -3.56. The maximum Gasteiger partial charge on any atom is 0.251 e. The van der Waals surface area contributed by atoms with Crippen molar-refractivity contribution in [3.05, 3.63) is 39.7 Å². The highest BCUT2D eigenvalue weighted by Gasteiger charge is 2.19. The molecular weight excluding hydrogens is 364 g/mol. The normalized spacial score (nSPS) is 11.5. The van der Waals surface area contributed by atoms with Crippen LogP contribution in [0.5, 0.6) is 5.75 Å². The van der Waals surface area contributed by atoms with Gasteiger partial charge in [0.05, 0.1) is 7.11 Å². The van der Waals surface area contributed by atoms with Crippen molar-refractivity contribution in [3.63, 3.8) is 0 Å². The zero-order chi connectivity index (χ0) is 14.8. The largest absolute Gasteiger partial charge is 0.496 e.